The molecule has 3 aromatic rings. The molecular formula is C25H18F3N3O5. The molecular weight excluding hydrogens is 479 g/mol. The van der Waals surface area contributed by atoms with Crippen molar-refractivity contribution in [2.45, 2.75) is 31.0 Å². The van der Waals surface area contributed by atoms with Crippen molar-refractivity contribution >= 4 is 28.8 Å². The quantitative estimate of drug-likeness (QED) is 0.370. The number of nitrogens with one attached hydrogen (secondary N) is 1. The van der Waals surface area contributed by atoms with E-state index in [1.807, 2.05) is 0 Å². The van der Waals surface area contributed by atoms with Gasteiger partial charge in [-0.15, -0.1) is 0 Å². The number of amides is 1. The van der Waals surface area contributed by atoms with Crippen LogP contribution >= 0.6 is 0 Å². The number of benzene rings is 2. The number of nitrogens with zero attached hydrogens (tertiary/aromatic N) is 2. The number of rotatable bonds is 3. The molecule has 0 unspecified atom stereocenters. The number of alkyl halides is 3. The van der Waals surface area contributed by atoms with Crippen molar-refractivity contribution in [1.82, 2.24) is 0 Å². The normalized spacial score (nSPS) is 19.8. The van der Waals surface area contributed by atoms with Crippen molar-refractivity contribution in [2.75, 3.05) is 10.2 Å². The second kappa shape index (κ2) is 8.67. The van der Waals surface area contributed by atoms with E-state index in [-0.39, 0.29) is 47.0 Å². The van der Waals surface area contributed by atoms with Crippen LogP contribution in [0, 0.1) is 10.1 Å². The van der Waals surface area contributed by atoms with E-state index in [0.29, 0.717) is 16.4 Å². The Bertz CT molecular complexity index is 1400. The standard InChI is InChI=1S/C25H18F3N3O5/c26-25(27,28)24(33)30-19-8-2-1-7-17(19)29-18-12-15(21-9-4-10-36-21)13-20(32)22(18)23(30)14-5-3-6-16(11-14)31(34)35/h1-11,15,23,29H,12-13H2/t15-,23-/m0/s1. The largest absolute Gasteiger partial charge is 0.471 e. The van der Waals surface area contributed by atoms with Crippen LogP contribution in [-0.4, -0.2) is 22.8 Å². The van der Waals surface area contributed by atoms with Crippen LogP contribution < -0.4 is 10.2 Å². The van der Waals surface area contributed by atoms with Crippen LogP contribution in [0.15, 0.2) is 82.6 Å². The van der Waals surface area contributed by atoms with Crippen molar-refractivity contribution in [3.05, 3.63) is 99.6 Å². The first-order chi connectivity index (χ1) is 17.1. The topological polar surface area (TPSA) is 106 Å². The number of nitro benzene ring substituents is 1. The molecule has 0 fully saturated rings. The fraction of sp³-hybridized carbons (Fsp3) is 0.200. The Kier molecular flexibility index (Phi) is 5.62. The number of hydrogen-bond donors (Lipinski definition) is 1. The highest BCUT2D eigenvalue weighted by atomic mass is 19.4. The summed E-state index contributed by atoms with van der Waals surface area (Å²) in [6.07, 6.45) is -3.65. The number of hydrogen-bond acceptors (Lipinski definition) is 6. The SMILES string of the molecule is O=C1C[C@@H](c2ccco2)CC2=C1[C@H](c1cccc([N+](=O)[O-])c1)N(C(=O)C(F)(F)F)c1ccccc1N2. The maximum Gasteiger partial charge on any atom is 0.471 e. The average molecular weight is 497 g/mol. The van der Waals surface area contributed by atoms with Gasteiger partial charge in [0.25, 0.3) is 5.69 Å². The van der Waals surface area contributed by atoms with Crippen LogP contribution in [0.5, 0.6) is 0 Å². The second-order valence-electron chi connectivity index (χ2n) is 8.51. The highest BCUT2D eigenvalue weighted by Gasteiger charge is 2.50. The van der Waals surface area contributed by atoms with Crippen LogP contribution in [0.3, 0.4) is 0 Å². The van der Waals surface area contributed by atoms with Gasteiger partial charge in [-0.1, -0.05) is 24.3 Å². The zero-order chi connectivity index (χ0) is 25.6. The maximum absolute atomic E-state index is 13.9. The molecule has 1 aliphatic heterocycles. The summed E-state index contributed by atoms with van der Waals surface area (Å²) in [4.78, 5) is 37.7. The van der Waals surface area contributed by atoms with E-state index < -0.39 is 28.8 Å². The number of furan rings is 1. The lowest BCUT2D eigenvalue weighted by atomic mass is 9.80. The smallest absolute Gasteiger partial charge is 0.469 e. The molecule has 184 valence electrons. The molecule has 36 heavy (non-hydrogen) atoms. The van der Waals surface area contributed by atoms with Gasteiger partial charge in [0, 0.05) is 35.7 Å². The van der Waals surface area contributed by atoms with Gasteiger partial charge >= 0.3 is 12.1 Å². The average Bonchev–Trinajstić information content (AvgIpc) is 3.33. The fourth-order valence-electron chi connectivity index (χ4n) is 4.80. The first-order valence-corrected chi connectivity index (χ1v) is 11.0. The van der Waals surface area contributed by atoms with Crippen molar-refractivity contribution in [1.29, 1.82) is 0 Å². The Morgan fingerprint density at radius 2 is 1.86 bits per heavy atom. The highest BCUT2D eigenvalue weighted by molar-refractivity contribution is 6.07. The van der Waals surface area contributed by atoms with E-state index in [0.717, 1.165) is 6.07 Å². The molecule has 2 aromatic carbocycles. The van der Waals surface area contributed by atoms with Gasteiger partial charge in [0.1, 0.15) is 5.76 Å². The zero-order valence-electron chi connectivity index (χ0n) is 18.5. The first kappa shape index (κ1) is 23.3. The van der Waals surface area contributed by atoms with Crippen LogP contribution in [0.2, 0.25) is 0 Å². The molecule has 0 saturated carbocycles. The predicted molar refractivity (Wildman–Crippen MR) is 122 cm³/mol. The summed E-state index contributed by atoms with van der Waals surface area (Å²) >= 11 is 0. The first-order valence-electron chi connectivity index (χ1n) is 11.0. The number of carbonyl (C=O) groups is 2. The van der Waals surface area contributed by atoms with E-state index in [1.54, 1.807) is 18.2 Å². The summed E-state index contributed by atoms with van der Waals surface area (Å²) in [5, 5.41) is 14.5. The van der Waals surface area contributed by atoms with E-state index in [9.17, 15) is 32.9 Å². The van der Waals surface area contributed by atoms with Crippen molar-refractivity contribution < 1.29 is 32.1 Å². The van der Waals surface area contributed by atoms with E-state index in [2.05, 4.69) is 5.32 Å². The van der Waals surface area contributed by atoms with Crippen molar-refractivity contribution in [3.8, 4) is 0 Å². The Hall–Kier alpha value is -4.41. The molecule has 5 rings (SSSR count). The predicted octanol–water partition coefficient (Wildman–Crippen LogP) is 5.65. The maximum atomic E-state index is 13.9. The number of allylic oxidation sites excluding steroid dienone is 1. The lowest BCUT2D eigenvalue weighted by molar-refractivity contribution is -0.384. The molecule has 0 radical (unpaired) electrons. The minimum Gasteiger partial charge on any atom is -0.469 e. The summed E-state index contributed by atoms with van der Waals surface area (Å²) in [6.45, 7) is 0. The molecule has 0 saturated heterocycles. The molecule has 8 nitrogen and oxygen atoms in total. The van der Waals surface area contributed by atoms with Crippen molar-refractivity contribution in [3.63, 3.8) is 0 Å². The van der Waals surface area contributed by atoms with Gasteiger partial charge in [-0.2, -0.15) is 13.2 Å². The molecule has 1 amide bonds. The summed E-state index contributed by atoms with van der Waals surface area (Å²) in [6, 6.07) is 12.7. The van der Waals surface area contributed by atoms with Gasteiger partial charge in [-0.25, -0.2) is 0 Å². The second-order valence-corrected chi connectivity index (χ2v) is 8.51. The number of ketones is 1. The van der Waals surface area contributed by atoms with Crippen LogP contribution in [0.4, 0.5) is 30.2 Å². The third-order valence-electron chi connectivity index (χ3n) is 6.29. The molecule has 0 spiro atoms. The van der Waals surface area contributed by atoms with Gasteiger partial charge in [0.2, 0.25) is 0 Å². The van der Waals surface area contributed by atoms with E-state index >= 15 is 0 Å². The Labute approximate surface area is 202 Å². The molecule has 1 aliphatic carbocycles. The summed E-state index contributed by atoms with van der Waals surface area (Å²) < 4.78 is 47.1. The van der Waals surface area contributed by atoms with E-state index in [1.165, 1.54) is 42.7 Å². The van der Waals surface area contributed by atoms with Gasteiger partial charge in [0.05, 0.1) is 28.6 Å². The molecule has 1 aromatic heterocycles. The van der Waals surface area contributed by atoms with Crippen LogP contribution in [0.25, 0.3) is 0 Å². The van der Waals surface area contributed by atoms with E-state index in [4.69, 9.17) is 4.42 Å². The monoisotopic (exact) mass is 497 g/mol. The lowest BCUT2D eigenvalue weighted by Crippen LogP contribution is -2.45. The molecule has 2 atom stereocenters. The molecule has 11 heteroatoms. The third kappa shape index (κ3) is 4.02. The van der Waals surface area contributed by atoms with Crippen LogP contribution in [0.1, 0.15) is 36.1 Å². The van der Waals surface area contributed by atoms with Gasteiger partial charge in [0.15, 0.2) is 5.78 Å². The molecule has 2 aliphatic rings. The number of Topliss-reactive ketones (excluding diaryl/α,β-unsaturated/α-hetero) is 1. The van der Waals surface area contributed by atoms with Crippen molar-refractivity contribution in [2.24, 2.45) is 0 Å². The molecule has 1 N–H and O–H groups in total. The fourth-order valence-corrected chi connectivity index (χ4v) is 4.80. The number of fused-ring (bicyclic) bond motifs is 1. The van der Waals surface area contributed by atoms with Gasteiger partial charge in [-0.05, 0) is 36.2 Å². The summed E-state index contributed by atoms with van der Waals surface area (Å²) in [5.74, 6) is -2.51. The number of non-ortho nitro benzene ring substituents is 1. The number of carbonyl (C=O) groups excluding carboxylic acids is 2. The number of anilines is 2. The summed E-state index contributed by atoms with van der Waals surface area (Å²) in [5.41, 5.74) is 0.00608. The zero-order valence-corrected chi connectivity index (χ0v) is 18.5. The Morgan fingerprint density at radius 3 is 2.56 bits per heavy atom. The molecule has 0 bridgehead atoms. The summed E-state index contributed by atoms with van der Waals surface area (Å²) in [7, 11) is 0. The minimum absolute atomic E-state index is 0.0117. The number of para-hydroxylation sites is 2. The Morgan fingerprint density at radius 1 is 1.08 bits per heavy atom. The van der Waals surface area contributed by atoms with Gasteiger partial charge < -0.3 is 9.73 Å². The van der Waals surface area contributed by atoms with Crippen LogP contribution in [-0.2, 0) is 9.59 Å². The minimum atomic E-state index is -5.27. The third-order valence-corrected chi connectivity index (χ3v) is 6.29. The highest BCUT2D eigenvalue weighted by Crippen LogP contribution is 2.48. The Balaban J connectivity index is 1.77. The lowest BCUT2D eigenvalue weighted by Gasteiger charge is -2.35. The van der Waals surface area contributed by atoms with Gasteiger partial charge in [-0.3, -0.25) is 24.6 Å². The molecule has 2 heterocycles. The number of nitro groups is 1. The number of halogens is 3.